The molecule has 0 saturated carbocycles. The Kier molecular flexibility index (Phi) is 4.20. The summed E-state index contributed by atoms with van der Waals surface area (Å²) in [7, 11) is -3.70. The molecule has 104 valence electrons. The average Bonchev–Trinajstić information content (AvgIpc) is 2.67. The van der Waals surface area contributed by atoms with E-state index in [4.69, 9.17) is 0 Å². The van der Waals surface area contributed by atoms with Gasteiger partial charge in [0, 0.05) is 16.9 Å². The first kappa shape index (κ1) is 14.8. The molecule has 2 atom stereocenters. The van der Waals surface area contributed by atoms with Crippen molar-refractivity contribution in [2.24, 2.45) is 11.8 Å². The van der Waals surface area contributed by atoms with E-state index >= 15 is 0 Å². The molecule has 1 fully saturated rings. The third-order valence-corrected chi connectivity index (χ3v) is 6.46. The summed E-state index contributed by atoms with van der Waals surface area (Å²) in [4.78, 5) is 12.3. The predicted molar refractivity (Wildman–Crippen MR) is 81.6 cm³/mol. The number of alkyl halides is 1. The molecule has 1 aromatic rings. The summed E-state index contributed by atoms with van der Waals surface area (Å²) in [6, 6.07) is 6.60. The summed E-state index contributed by atoms with van der Waals surface area (Å²) in [6.45, 7) is 3.99. The van der Waals surface area contributed by atoms with Crippen molar-refractivity contribution in [3.63, 3.8) is 0 Å². The van der Waals surface area contributed by atoms with Crippen LogP contribution in [0.5, 0.6) is 0 Å². The highest BCUT2D eigenvalue weighted by molar-refractivity contribution is 14.1. The first-order valence-electron chi connectivity index (χ1n) is 6.07. The Hall–Kier alpha value is -0.630. The van der Waals surface area contributed by atoms with Crippen molar-refractivity contribution < 1.29 is 13.2 Å². The van der Waals surface area contributed by atoms with Crippen LogP contribution >= 0.6 is 22.6 Å². The lowest BCUT2D eigenvalue weighted by Crippen LogP contribution is -2.33. The van der Waals surface area contributed by atoms with E-state index < -0.39 is 10.0 Å². The number of hydrogen-bond donors (Lipinski definition) is 0. The van der Waals surface area contributed by atoms with E-state index in [1.807, 2.05) is 6.92 Å². The summed E-state index contributed by atoms with van der Waals surface area (Å²) in [5.41, 5.74) is 0.991. The molecule has 4 nitrogen and oxygen atoms in total. The third kappa shape index (κ3) is 2.65. The van der Waals surface area contributed by atoms with E-state index in [1.54, 1.807) is 31.2 Å². The van der Waals surface area contributed by atoms with E-state index in [2.05, 4.69) is 22.6 Å². The summed E-state index contributed by atoms with van der Waals surface area (Å²) in [5.74, 6) is -0.410. The van der Waals surface area contributed by atoms with E-state index in [9.17, 15) is 13.2 Å². The summed E-state index contributed by atoms with van der Waals surface area (Å²) < 4.78 is 26.7. The van der Waals surface area contributed by atoms with Crippen molar-refractivity contribution in [1.29, 1.82) is 0 Å². The number of benzene rings is 1. The van der Waals surface area contributed by atoms with Gasteiger partial charge in [0.05, 0.1) is 4.90 Å². The smallest absolute Gasteiger partial charge is 0.266 e. The van der Waals surface area contributed by atoms with Crippen molar-refractivity contribution in [3.8, 4) is 0 Å². The van der Waals surface area contributed by atoms with Gasteiger partial charge in [-0.05, 0) is 25.0 Å². The summed E-state index contributed by atoms with van der Waals surface area (Å²) >= 11 is 2.20. The van der Waals surface area contributed by atoms with Crippen molar-refractivity contribution >= 4 is 38.5 Å². The van der Waals surface area contributed by atoms with Gasteiger partial charge in [-0.1, -0.05) is 47.2 Å². The van der Waals surface area contributed by atoms with Gasteiger partial charge < -0.3 is 0 Å². The summed E-state index contributed by atoms with van der Waals surface area (Å²) in [6.07, 6.45) is 0. The zero-order valence-corrected chi connectivity index (χ0v) is 13.8. The lowest BCUT2D eigenvalue weighted by Gasteiger charge is -2.17. The monoisotopic (exact) mass is 393 g/mol. The fraction of sp³-hybridized carbons (Fsp3) is 0.462. The number of carbonyl (C=O) groups is 1. The maximum atomic E-state index is 12.5. The zero-order chi connectivity index (χ0) is 14.2. The fourth-order valence-corrected chi connectivity index (χ4v) is 4.69. The Morgan fingerprint density at radius 2 is 1.89 bits per heavy atom. The Balaban J connectivity index is 2.36. The second-order valence-corrected chi connectivity index (χ2v) is 7.63. The molecule has 1 heterocycles. The van der Waals surface area contributed by atoms with Crippen molar-refractivity contribution in [1.82, 2.24) is 4.31 Å². The average molecular weight is 393 g/mol. The molecule has 0 radical (unpaired) electrons. The van der Waals surface area contributed by atoms with Gasteiger partial charge in [0.1, 0.15) is 0 Å². The number of amides is 1. The molecule has 0 spiro atoms. The maximum absolute atomic E-state index is 12.5. The van der Waals surface area contributed by atoms with Crippen LogP contribution in [-0.2, 0) is 14.8 Å². The van der Waals surface area contributed by atoms with Gasteiger partial charge in [-0.15, -0.1) is 0 Å². The first-order chi connectivity index (χ1) is 8.87. The van der Waals surface area contributed by atoms with Crippen LogP contribution in [0.15, 0.2) is 29.2 Å². The van der Waals surface area contributed by atoms with Crippen LogP contribution in [0.3, 0.4) is 0 Å². The van der Waals surface area contributed by atoms with Gasteiger partial charge in [0.25, 0.3) is 10.0 Å². The molecular weight excluding hydrogens is 377 g/mol. The number of rotatable bonds is 3. The number of hydrogen-bond acceptors (Lipinski definition) is 3. The fourth-order valence-electron chi connectivity index (χ4n) is 2.13. The van der Waals surface area contributed by atoms with Crippen molar-refractivity contribution in [2.45, 2.75) is 18.7 Å². The van der Waals surface area contributed by atoms with E-state index in [0.717, 1.165) is 14.3 Å². The Morgan fingerprint density at radius 1 is 1.32 bits per heavy atom. The molecule has 2 rings (SSSR count). The number of halogens is 1. The second kappa shape index (κ2) is 5.40. The Labute approximate surface area is 127 Å². The topological polar surface area (TPSA) is 54.5 Å². The van der Waals surface area contributed by atoms with Crippen molar-refractivity contribution in [3.05, 3.63) is 29.8 Å². The second-order valence-electron chi connectivity index (χ2n) is 4.89. The minimum absolute atomic E-state index is 0.105. The predicted octanol–water partition coefficient (Wildman–Crippen LogP) is 2.21. The van der Waals surface area contributed by atoms with Crippen LogP contribution in [0.1, 0.15) is 12.5 Å². The lowest BCUT2D eigenvalue weighted by atomic mass is 10.0. The third-order valence-electron chi connectivity index (χ3n) is 3.55. The van der Waals surface area contributed by atoms with Gasteiger partial charge >= 0.3 is 0 Å². The zero-order valence-electron chi connectivity index (χ0n) is 10.8. The largest absolute Gasteiger partial charge is 0.273 e. The number of sulfonamides is 1. The Morgan fingerprint density at radius 3 is 2.37 bits per heavy atom. The van der Waals surface area contributed by atoms with E-state index in [0.29, 0.717) is 6.54 Å². The van der Waals surface area contributed by atoms with Gasteiger partial charge in [-0.3, -0.25) is 4.79 Å². The lowest BCUT2D eigenvalue weighted by molar-refractivity contribution is -0.126. The highest BCUT2D eigenvalue weighted by Gasteiger charge is 2.43. The minimum Gasteiger partial charge on any atom is -0.273 e. The molecule has 2 unspecified atom stereocenters. The molecular formula is C13H16INO3S. The molecule has 1 aliphatic rings. The van der Waals surface area contributed by atoms with E-state index in [1.165, 1.54) is 0 Å². The highest BCUT2D eigenvalue weighted by Crippen LogP contribution is 2.30. The van der Waals surface area contributed by atoms with Gasteiger partial charge in [0.15, 0.2) is 0 Å². The molecule has 0 aliphatic carbocycles. The van der Waals surface area contributed by atoms with Gasteiger partial charge in [-0.25, -0.2) is 12.7 Å². The maximum Gasteiger partial charge on any atom is 0.266 e. The van der Waals surface area contributed by atoms with Crippen LogP contribution in [-0.4, -0.2) is 29.6 Å². The quantitative estimate of drug-likeness (QED) is 0.585. The number of nitrogens with zero attached hydrogens (tertiary/aromatic N) is 1. The van der Waals surface area contributed by atoms with E-state index in [-0.39, 0.29) is 22.6 Å². The molecule has 0 N–H and O–H groups in total. The van der Waals surface area contributed by atoms with Gasteiger partial charge in [0.2, 0.25) is 5.91 Å². The number of aryl methyl sites for hydroxylation is 1. The standard InChI is InChI=1S/C13H16INO3S/c1-9-3-5-12(6-4-9)19(17,18)15-8-11(7-14)10(2)13(15)16/h3-6,10-11H,7-8H2,1-2H3. The Bertz CT molecular complexity index is 582. The highest BCUT2D eigenvalue weighted by atomic mass is 127. The minimum atomic E-state index is -3.70. The molecule has 1 amide bonds. The van der Waals surface area contributed by atoms with Crippen LogP contribution in [0, 0.1) is 18.8 Å². The molecule has 1 saturated heterocycles. The van der Waals surface area contributed by atoms with Crippen LogP contribution in [0.2, 0.25) is 0 Å². The molecule has 0 aromatic heterocycles. The molecule has 1 aliphatic heterocycles. The summed E-state index contributed by atoms with van der Waals surface area (Å²) in [5, 5.41) is 0. The van der Waals surface area contributed by atoms with Crippen LogP contribution < -0.4 is 0 Å². The molecule has 6 heteroatoms. The molecule has 19 heavy (non-hydrogen) atoms. The van der Waals surface area contributed by atoms with Crippen LogP contribution in [0.4, 0.5) is 0 Å². The SMILES string of the molecule is Cc1ccc(S(=O)(=O)N2CC(CI)C(C)C2=O)cc1. The molecule has 0 bridgehead atoms. The van der Waals surface area contributed by atoms with Crippen LogP contribution in [0.25, 0.3) is 0 Å². The molecule has 1 aromatic carbocycles. The van der Waals surface area contributed by atoms with Crippen molar-refractivity contribution in [2.75, 3.05) is 11.0 Å². The number of carbonyl (C=O) groups excluding carboxylic acids is 1. The van der Waals surface area contributed by atoms with Gasteiger partial charge in [-0.2, -0.15) is 0 Å². The normalized spacial score (nSPS) is 23.9. The first-order valence-corrected chi connectivity index (χ1v) is 9.03.